The van der Waals surface area contributed by atoms with Crippen LogP contribution < -0.4 is 11.5 Å². The van der Waals surface area contributed by atoms with Gasteiger partial charge in [0, 0.05) is 18.9 Å². The van der Waals surface area contributed by atoms with Crippen molar-refractivity contribution in [2.75, 3.05) is 13.2 Å². The average Bonchev–Trinajstić information content (AvgIpc) is 2.81. The van der Waals surface area contributed by atoms with Gasteiger partial charge >= 0.3 is 0 Å². The van der Waals surface area contributed by atoms with Crippen LogP contribution >= 0.6 is 0 Å². The minimum atomic E-state index is -1.10. The van der Waals surface area contributed by atoms with E-state index in [0.717, 1.165) is 11.1 Å². The van der Waals surface area contributed by atoms with Gasteiger partial charge in [0.05, 0.1) is 18.9 Å². The summed E-state index contributed by atoms with van der Waals surface area (Å²) < 4.78 is 16.9. The van der Waals surface area contributed by atoms with Crippen molar-refractivity contribution >= 4 is 0 Å². The molecular formula is C25H28N2O4. The molecule has 1 fully saturated rings. The van der Waals surface area contributed by atoms with E-state index in [9.17, 15) is 5.11 Å². The third kappa shape index (κ3) is 7.41. The molecule has 0 amide bonds. The molecule has 5 N–H and O–H groups in total. The van der Waals surface area contributed by atoms with Gasteiger partial charge in [-0.25, -0.2) is 0 Å². The Kier molecular flexibility index (Phi) is 7.99. The molecule has 1 heterocycles. The lowest BCUT2D eigenvalue weighted by molar-refractivity contribution is -0.0262. The standard InChI is InChI=1S/C25H28N2O4/c26-22(11-12-25(28)13-15-29-16-14-25)17-23(30-18-20-7-3-1-4-8-20)24(27)31-19-21-9-5-2-6-10-21/h1-10,17,28H,13-16,18-19,26-27H2/b22-17-,24-23-. The van der Waals surface area contributed by atoms with Gasteiger partial charge in [-0.15, -0.1) is 0 Å². The number of hydrogen-bond acceptors (Lipinski definition) is 6. The third-order valence-corrected chi connectivity index (χ3v) is 4.76. The zero-order valence-corrected chi connectivity index (χ0v) is 17.4. The van der Waals surface area contributed by atoms with Gasteiger partial charge in [0.1, 0.15) is 18.8 Å². The Morgan fingerprint density at radius 2 is 1.48 bits per heavy atom. The van der Waals surface area contributed by atoms with Crippen LogP contribution in [0.15, 0.2) is 84.1 Å². The summed E-state index contributed by atoms with van der Waals surface area (Å²) in [7, 11) is 0. The molecule has 1 saturated heterocycles. The Morgan fingerprint density at radius 1 is 0.935 bits per heavy atom. The largest absolute Gasteiger partial charge is 0.483 e. The fraction of sp³-hybridized carbons (Fsp3) is 0.280. The minimum Gasteiger partial charge on any atom is -0.483 e. The zero-order chi connectivity index (χ0) is 21.9. The van der Waals surface area contributed by atoms with Crippen LogP contribution in [0.25, 0.3) is 0 Å². The van der Waals surface area contributed by atoms with E-state index in [4.69, 9.17) is 25.7 Å². The van der Waals surface area contributed by atoms with Crippen molar-refractivity contribution < 1.29 is 19.3 Å². The second-order valence-corrected chi connectivity index (χ2v) is 7.27. The van der Waals surface area contributed by atoms with Crippen LogP contribution in [-0.2, 0) is 27.4 Å². The van der Waals surface area contributed by atoms with Crippen molar-refractivity contribution in [3.8, 4) is 11.8 Å². The Labute approximate surface area is 183 Å². The van der Waals surface area contributed by atoms with E-state index in [0.29, 0.717) is 39.3 Å². The molecule has 0 spiro atoms. The van der Waals surface area contributed by atoms with E-state index in [1.54, 1.807) is 0 Å². The van der Waals surface area contributed by atoms with Crippen molar-refractivity contribution in [3.63, 3.8) is 0 Å². The van der Waals surface area contributed by atoms with Crippen molar-refractivity contribution in [2.45, 2.75) is 31.7 Å². The second kappa shape index (κ2) is 11.1. The summed E-state index contributed by atoms with van der Waals surface area (Å²) in [6, 6.07) is 19.4. The van der Waals surface area contributed by atoms with Gasteiger partial charge in [-0.3, -0.25) is 0 Å². The zero-order valence-electron chi connectivity index (χ0n) is 17.4. The van der Waals surface area contributed by atoms with Crippen LogP contribution in [0.4, 0.5) is 0 Å². The summed E-state index contributed by atoms with van der Waals surface area (Å²) in [4.78, 5) is 0. The Morgan fingerprint density at radius 3 is 2.06 bits per heavy atom. The van der Waals surface area contributed by atoms with Crippen molar-refractivity contribution in [3.05, 3.63) is 95.2 Å². The first-order valence-corrected chi connectivity index (χ1v) is 10.2. The molecule has 0 bridgehead atoms. The first-order valence-electron chi connectivity index (χ1n) is 10.2. The molecule has 6 nitrogen and oxygen atoms in total. The molecule has 1 aliphatic heterocycles. The van der Waals surface area contributed by atoms with E-state index < -0.39 is 5.60 Å². The van der Waals surface area contributed by atoms with Crippen LogP contribution in [0.1, 0.15) is 24.0 Å². The van der Waals surface area contributed by atoms with Gasteiger partial charge in [0.2, 0.25) is 5.88 Å². The molecule has 0 aliphatic carbocycles. The summed E-state index contributed by atoms with van der Waals surface area (Å²) in [6.45, 7) is 1.54. The fourth-order valence-electron chi connectivity index (χ4n) is 2.93. The Balaban J connectivity index is 1.75. The molecule has 0 atom stereocenters. The Bertz CT molecular complexity index is 953. The van der Waals surface area contributed by atoms with Gasteiger partial charge in [-0.2, -0.15) is 0 Å². The summed E-state index contributed by atoms with van der Waals surface area (Å²) in [6.07, 6.45) is 2.42. The lowest BCUT2D eigenvalue weighted by Gasteiger charge is -2.26. The molecule has 31 heavy (non-hydrogen) atoms. The maximum absolute atomic E-state index is 10.5. The molecular weight excluding hydrogens is 392 g/mol. The number of aliphatic hydroxyl groups is 1. The Hall–Kier alpha value is -3.40. The minimum absolute atomic E-state index is 0.106. The molecule has 1 aliphatic rings. The van der Waals surface area contributed by atoms with E-state index in [1.807, 2.05) is 60.7 Å². The van der Waals surface area contributed by atoms with Gasteiger partial charge in [0.15, 0.2) is 5.76 Å². The fourth-order valence-corrected chi connectivity index (χ4v) is 2.93. The molecule has 3 rings (SSSR count). The van der Waals surface area contributed by atoms with E-state index in [1.165, 1.54) is 6.08 Å². The predicted molar refractivity (Wildman–Crippen MR) is 119 cm³/mol. The third-order valence-electron chi connectivity index (χ3n) is 4.76. The first kappa shape index (κ1) is 22.3. The van der Waals surface area contributed by atoms with Crippen LogP contribution in [0, 0.1) is 11.8 Å². The number of ether oxygens (including phenoxy) is 3. The number of allylic oxidation sites excluding steroid dienone is 2. The molecule has 0 saturated carbocycles. The lowest BCUT2D eigenvalue weighted by atomic mass is 9.95. The summed E-state index contributed by atoms with van der Waals surface area (Å²) >= 11 is 0. The predicted octanol–water partition coefficient (Wildman–Crippen LogP) is 2.94. The number of hydrogen-bond donors (Lipinski definition) is 3. The molecule has 0 unspecified atom stereocenters. The SMILES string of the molecule is N/C(C#CC1(O)CCOCC1)=C\C(OCc1ccccc1)=C(/N)OCc1ccccc1. The molecule has 6 heteroatoms. The van der Waals surface area contributed by atoms with Crippen LogP contribution in [0.5, 0.6) is 0 Å². The van der Waals surface area contributed by atoms with E-state index >= 15 is 0 Å². The summed E-state index contributed by atoms with van der Waals surface area (Å²) in [5.41, 5.74) is 13.3. The monoisotopic (exact) mass is 420 g/mol. The average molecular weight is 421 g/mol. The van der Waals surface area contributed by atoms with Gasteiger partial charge < -0.3 is 30.8 Å². The van der Waals surface area contributed by atoms with Crippen LogP contribution in [0.3, 0.4) is 0 Å². The molecule has 0 radical (unpaired) electrons. The maximum atomic E-state index is 10.5. The van der Waals surface area contributed by atoms with Gasteiger partial charge in [-0.05, 0) is 17.0 Å². The number of rotatable bonds is 7. The molecule has 2 aromatic carbocycles. The highest BCUT2D eigenvalue weighted by Crippen LogP contribution is 2.19. The number of nitrogens with two attached hydrogens (primary N) is 2. The van der Waals surface area contributed by atoms with Crippen molar-refractivity contribution in [1.29, 1.82) is 0 Å². The van der Waals surface area contributed by atoms with E-state index in [-0.39, 0.29) is 17.3 Å². The van der Waals surface area contributed by atoms with Crippen LogP contribution in [0.2, 0.25) is 0 Å². The summed E-state index contributed by atoms with van der Waals surface area (Å²) in [5, 5.41) is 10.5. The van der Waals surface area contributed by atoms with Gasteiger partial charge in [-0.1, -0.05) is 66.6 Å². The summed E-state index contributed by atoms with van der Waals surface area (Å²) in [5.74, 6) is 6.04. The quantitative estimate of drug-likeness (QED) is 0.362. The van der Waals surface area contributed by atoms with Crippen molar-refractivity contribution in [1.82, 2.24) is 0 Å². The maximum Gasteiger partial charge on any atom is 0.228 e. The molecule has 2 aromatic rings. The second-order valence-electron chi connectivity index (χ2n) is 7.27. The molecule has 162 valence electrons. The lowest BCUT2D eigenvalue weighted by Crippen LogP contribution is -2.34. The first-order chi connectivity index (χ1) is 15.0. The highest BCUT2D eigenvalue weighted by molar-refractivity contribution is 5.35. The van der Waals surface area contributed by atoms with Crippen molar-refractivity contribution in [2.24, 2.45) is 11.5 Å². The highest BCUT2D eigenvalue weighted by atomic mass is 16.5. The highest BCUT2D eigenvalue weighted by Gasteiger charge is 2.27. The molecule has 0 aromatic heterocycles. The van der Waals surface area contributed by atoms with E-state index in [2.05, 4.69) is 11.8 Å². The van der Waals surface area contributed by atoms with Gasteiger partial charge in [0.25, 0.3) is 0 Å². The number of benzene rings is 2. The normalized spacial score (nSPS) is 16.5. The smallest absolute Gasteiger partial charge is 0.228 e. The topological polar surface area (TPSA) is 100.0 Å². The van der Waals surface area contributed by atoms with Crippen LogP contribution in [-0.4, -0.2) is 23.9 Å².